The summed E-state index contributed by atoms with van der Waals surface area (Å²) in [4.78, 5) is 35.3. The SMILES string of the molecule is CC(=O)Nc1nc2c(s1)-c1c(c(-c3cccnc3)nn1-c1ccc(C(=O)N(C)C)cc1S(C)(=O)=O)CC2. The van der Waals surface area contributed by atoms with Gasteiger partial charge in [-0.05, 0) is 43.2 Å². The van der Waals surface area contributed by atoms with Crippen LogP contribution in [-0.4, -0.2) is 65.2 Å². The molecule has 5 rings (SSSR count). The third-order valence-electron chi connectivity index (χ3n) is 5.97. The highest BCUT2D eigenvalue weighted by atomic mass is 32.2. The Morgan fingerprint density at radius 2 is 1.95 bits per heavy atom. The first-order valence-electron chi connectivity index (χ1n) is 11.4. The number of fused-ring (bicyclic) bond motifs is 3. The summed E-state index contributed by atoms with van der Waals surface area (Å²) in [5.74, 6) is -0.531. The van der Waals surface area contributed by atoms with Crippen LogP contribution in [-0.2, 0) is 27.5 Å². The highest BCUT2D eigenvalue weighted by Crippen LogP contribution is 2.44. The minimum absolute atomic E-state index is 0.0121. The van der Waals surface area contributed by atoms with E-state index in [1.807, 2.05) is 12.1 Å². The Hall–Kier alpha value is -3.90. The Balaban J connectivity index is 1.80. The van der Waals surface area contributed by atoms with E-state index in [9.17, 15) is 18.0 Å². The zero-order chi connectivity index (χ0) is 26.5. The molecule has 2 amide bonds. The second-order valence-electron chi connectivity index (χ2n) is 8.96. The molecule has 4 aromatic rings. The number of carbonyl (C=O) groups excluding carboxylic acids is 2. The van der Waals surface area contributed by atoms with Gasteiger partial charge in [-0.3, -0.25) is 14.6 Å². The van der Waals surface area contributed by atoms with Gasteiger partial charge in [-0.15, -0.1) is 0 Å². The summed E-state index contributed by atoms with van der Waals surface area (Å²) >= 11 is 1.32. The van der Waals surface area contributed by atoms with Crippen LogP contribution in [0.5, 0.6) is 0 Å². The van der Waals surface area contributed by atoms with Crippen molar-refractivity contribution in [1.29, 1.82) is 0 Å². The van der Waals surface area contributed by atoms with Crippen LogP contribution in [0.15, 0.2) is 47.6 Å². The van der Waals surface area contributed by atoms with Crippen LogP contribution in [0.1, 0.15) is 28.5 Å². The molecule has 0 saturated carbocycles. The summed E-state index contributed by atoms with van der Waals surface area (Å²) in [6.45, 7) is 1.42. The first kappa shape index (κ1) is 24.8. The summed E-state index contributed by atoms with van der Waals surface area (Å²) < 4.78 is 27.5. The molecule has 37 heavy (non-hydrogen) atoms. The number of aromatic nitrogens is 4. The lowest BCUT2D eigenvalue weighted by Crippen LogP contribution is -2.22. The van der Waals surface area contributed by atoms with Gasteiger partial charge in [0.15, 0.2) is 15.0 Å². The Bertz CT molecular complexity index is 1660. The molecule has 10 nitrogen and oxygen atoms in total. The van der Waals surface area contributed by atoms with Crippen molar-refractivity contribution in [3.63, 3.8) is 0 Å². The fourth-order valence-electron chi connectivity index (χ4n) is 4.36. The van der Waals surface area contributed by atoms with Gasteiger partial charge in [-0.1, -0.05) is 11.3 Å². The van der Waals surface area contributed by atoms with Gasteiger partial charge >= 0.3 is 0 Å². The molecule has 1 aliphatic rings. The van der Waals surface area contributed by atoms with Crippen molar-refractivity contribution in [3.8, 4) is 27.5 Å². The molecule has 12 heteroatoms. The predicted molar refractivity (Wildman–Crippen MR) is 141 cm³/mol. The number of rotatable bonds is 5. The highest BCUT2D eigenvalue weighted by Gasteiger charge is 2.31. The zero-order valence-electron chi connectivity index (χ0n) is 20.6. The summed E-state index contributed by atoms with van der Waals surface area (Å²) in [5, 5.41) is 8.11. The van der Waals surface area contributed by atoms with Crippen LogP contribution in [0.4, 0.5) is 5.13 Å². The number of thiazole rings is 1. The van der Waals surface area contributed by atoms with Crippen molar-refractivity contribution >= 4 is 38.1 Å². The lowest BCUT2D eigenvalue weighted by molar-refractivity contribution is -0.114. The molecule has 190 valence electrons. The smallest absolute Gasteiger partial charge is 0.253 e. The quantitative estimate of drug-likeness (QED) is 0.415. The van der Waals surface area contributed by atoms with E-state index < -0.39 is 9.84 Å². The van der Waals surface area contributed by atoms with E-state index in [4.69, 9.17) is 5.10 Å². The van der Waals surface area contributed by atoms with Crippen LogP contribution >= 0.6 is 11.3 Å². The Morgan fingerprint density at radius 1 is 1.16 bits per heavy atom. The molecule has 0 fully saturated rings. The highest BCUT2D eigenvalue weighted by molar-refractivity contribution is 7.90. The van der Waals surface area contributed by atoms with Crippen molar-refractivity contribution in [1.82, 2.24) is 24.6 Å². The fourth-order valence-corrected chi connectivity index (χ4v) is 6.35. The first-order valence-corrected chi connectivity index (χ1v) is 14.1. The van der Waals surface area contributed by atoms with Crippen LogP contribution < -0.4 is 5.32 Å². The van der Waals surface area contributed by atoms with E-state index in [0.717, 1.165) is 28.0 Å². The van der Waals surface area contributed by atoms with E-state index in [1.54, 1.807) is 43.3 Å². The number of sulfone groups is 1. The van der Waals surface area contributed by atoms with E-state index in [-0.39, 0.29) is 22.3 Å². The van der Waals surface area contributed by atoms with Gasteiger partial charge in [-0.25, -0.2) is 18.1 Å². The maximum absolute atomic E-state index is 13.0. The van der Waals surface area contributed by atoms with Crippen molar-refractivity contribution in [2.75, 3.05) is 25.7 Å². The van der Waals surface area contributed by atoms with Crippen LogP contribution in [0.25, 0.3) is 27.5 Å². The lowest BCUT2D eigenvalue weighted by Gasteiger charge is -2.17. The van der Waals surface area contributed by atoms with Gasteiger partial charge in [-0.2, -0.15) is 5.10 Å². The summed E-state index contributed by atoms with van der Waals surface area (Å²) in [6.07, 6.45) is 5.78. The lowest BCUT2D eigenvalue weighted by atomic mass is 9.95. The second-order valence-corrected chi connectivity index (χ2v) is 11.9. The normalized spacial score (nSPS) is 12.5. The molecule has 0 aliphatic heterocycles. The molecule has 1 aliphatic carbocycles. The summed E-state index contributed by atoms with van der Waals surface area (Å²) in [5.41, 5.74) is 4.53. The van der Waals surface area contributed by atoms with Crippen molar-refractivity contribution in [2.24, 2.45) is 0 Å². The molecule has 0 bridgehead atoms. The van der Waals surface area contributed by atoms with Crippen molar-refractivity contribution < 1.29 is 18.0 Å². The molecule has 3 aromatic heterocycles. The molecular weight excluding hydrogens is 512 g/mol. The number of anilines is 1. The largest absolute Gasteiger partial charge is 0.345 e. The number of aryl methyl sites for hydroxylation is 1. The molecule has 1 N–H and O–H groups in total. The van der Waals surface area contributed by atoms with Crippen LogP contribution in [0, 0.1) is 0 Å². The molecule has 0 unspecified atom stereocenters. The number of hydrogen-bond donors (Lipinski definition) is 1. The summed E-state index contributed by atoms with van der Waals surface area (Å²) in [6, 6.07) is 8.33. The standard InChI is InChI=1S/C25H24N6O4S2/c1-14(32)27-25-28-18-9-8-17-21(16-6-5-11-26-13-16)29-31(22(17)23(18)36-25)19-10-7-15(24(33)30(2)3)12-20(19)37(4,34)35/h5-7,10-13H,8-9H2,1-4H3,(H,27,28,32). The molecule has 0 saturated heterocycles. The maximum Gasteiger partial charge on any atom is 0.253 e. The van der Waals surface area contributed by atoms with Crippen LogP contribution in [0.2, 0.25) is 0 Å². The number of amides is 2. The predicted octanol–water partition coefficient (Wildman–Crippen LogP) is 3.22. The van der Waals surface area contributed by atoms with E-state index >= 15 is 0 Å². The van der Waals surface area contributed by atoms with E-state index in [2.05, 4.69) is 15.3 Å². The average Bonchev–Trinajstić information content (AvgIpc) is 3.43. The number of carbonyl (C=O) groups is 2. The average molecular weight is 537 g/mol. The molecular formula is C25H24N6O4S2. The van der Waals surface area contributed by atoms with Gasteiger partial charge in [0.2, 0.25) is 5.91 Å². The van der Waals surface area contributed by atoms with Crippen molar-refractivity contribution in [2.45, 2.75) is 24.7 Å². The minimum Gasteiger partial charge on any atom is -0.345 e. The first-order chi connectivity index (χ1) is 17.5. The fraction of sp³-hybridized carbons (Fsp3) is 0.240. The Kier molecular flexibility index (Phi) is 6.16. The van der Waals surface area contributed by atoms with Gasteiger partial charge in [0.1, 0.15) is 0 Å². The van der Waals surface area contributed by atoms with Crippen LogP contribution in [0.3, 0.4) is 0 Å². The molecule has 1 aromatic carbocycles. The van der Waals surface area contributed by atoms with E-state index in [1.165, 1.54) is 29.2 Å². The monoisotopic (exact) mass is 536 g/mol. The number of hydrogen-bond acceptors (Lipinski definition) is 8. The number of nitrogens with one attached hydrogen (secondary N) is 1. The second kappa shape index (κ2) is 9.20. The molecule has 0 radical (unpaired) electrons. The maximum atomic E-state index is 13.0. The third kappa shape index (κ3) is 4.53. The Morgan fingerprint density at radius 3 is 2.59 bits per heavy atom. The minimum atomic E-state index is -3.75. The van der Waals surface area contributed by atoms with Gasteiger partial charge in [0.25, 0.3) is 5.91 Å². The summed E-state index contributed by atoms with van der Waals surface area (Å²) in [7, 11) is -0.527. The Labute approximate surface area is 217 Å². The number of pyridine rings is 1. The zero-order valence-corrected chi connectivity index (χ0v) is 22.3. The van der Waals surface area contributed by atoms with Gasteiger partial charge < -0.3 is 10.2 Å². The van der Waals surface area contributed by atoms with E-state index in [0.29, 0.717) is 35.0 Å². The van der Waals surface area contributed by atoms with Crippen molar-refractivity contribution in [3.05, 3.63) is 59.5 Å². The van der Waals surface area contributed by atoms with Gasteiger partial charge in [0.05, 0.1) is 32.5 Å². The molecule has 0 atom stereocenters. The topological polar surface area (TPSA) is 127 Å². The van der Waals surface area contributed by atoms with Gasteiger partial charge in [0, 0.05) is 56.4 Å². The number of nitrogens with zero attached hydrogens (tertiary/aromatic N) is 5. The number of benzene rings is 1. The molecule has 3 heterocycles. The third-order valence-corrected chi connectivity index (χ3v) is 8.11. The molecule has 0 spiro atoms.